The van der Waals surface area contributed by atoms with Crippen LogP contribution in [0.3, 0.4) is 0 Å². The van der Waals surface area contributed by atoms with E-state index in [0.717, 1.165) is 38.3 Å². The van der Waals surface area contributed by atoms with Gasteiger partial charge in [0.25, 0.3) is 0 Å². The number of carbonyl (C=O) groups excluding carboxylic acids is 1. The molecule has 0 unspecified atom stereocenters. The van der Waals surface area contributed by atoms with Crippen molar-refractivity contribution < 1.29 is 9.53 Å². The molecule has 0 saturated carbocycles. The number of aromatic nitrogens is 2. The van der Waals surface area contributed by atoms with Crippen molar-refractivity contribution in [2.45, 2.75) is 26.7 Å². The molecule has 5 nitrogen and oxygen atoms in total. The largest absolute Gasteiger partial charge is 0.497 e. The minimum Gasteiger partial charge on any atom is -0.497 e. The Balaban J connectivity index is 1.81. The lowest BCUT2D eigenvalue weighted by Gasteiger charge is -2.13. The van der Waals surface area contributed by atoms with Gasteiger partial charge in [-0.1, -0.05) is 26.0 Å². The summed E-state index contributed by atoms with van der Waals surface area (Å²) in [5.41, 5.74) is 3.50. The molecule has 0 spiro atoms. The SMILES string of the molecule is COc1ccc(-c2cnc(NC(=O)Cc3ccc(I)cc3)c(CC(C)C)n2)cc1. The number of hydrogen-bond donors (Lipinski definition) is 1. The summed E-state index contributed by atoms with van der Waals surface area (Å²) in [5.74, 6) is 1.63. The van der Waals surface area contributed by atoms with Crippen LogP contribution >= 0.6 is 22.6 Å². The Kier molecular flexibility index (Phi) is 7.19. The van der Waals surface area contributed by atoms with E-state index in [4.69, 9.17) is 9.72 Å². The number of ether oxygens (including phenoxy) is 1. The maximum absolute atomic E-state index is 12.5. The molecule has 3 aromatic rings. The third-order valence-electron chi connectivity index (χ3n) is 4.37. The van der Waals surface area contributed by atoms with Crippen molar-refractivity contribution in [2.75, 3.05) is 12.4 Å². The van der Waals surface area contributed by atoms with Crippen LogP contribution in [0.15, 0.2) is 54.7 Å². The van der Waals surface area contributed by atoms with E-state index in [9.17, 15) is 4.79 Å². The number of halogens is 1. The Morgan fingerprint density at radius 3 is 2.41 bits per heavy atom. The van der Waals surface area contributed by atoms with Crippen LogP contribution in [-0.2, 0) is 17.6 Å². The number of methoxy groups -OCH3 is 1. The molecule has 1 heterocycles. The Morgan fingerprint density at radius 2 is 1.79 bits per heavy atom. The summed E-state index contributed by atoms with van der Waals surface area (Å²) in [6.07, 6.45) is 2.74. The van der Waals surface area contributed by atoms with Gasteiger partial charge in [0, 0.05) is 9.13 Å². The van der Waals surface area contributed by atoms with Gasteiger partial charge >= 0.3 is 0 Å². The van der Waals surface area contributed by atoms with Crippen molar-refractivity contribution in [1.29, 1.82) is 0 Å². The first-order valence-electron chi connectivity index (χ1n) is 9.49. The van der Waals surface area contributed by atoms with E-state index in [1.165, 1.54) is 0 Å². The molecule has 6 heteroatoms. The van der Waals surface area contributed by atoms with Crippen LogP contribution in [0.4, 0.5) is 5.82 Å². The molecular weight excluding hydrogens is 477 g/mol. The third-order valence-corrected chi connectivity index (χ3v) is 5.09. The van der Waals surface area contributed by atoms with Crippen molar-refractivity contribution in [3.05, 3.63) is 69.6 Å². The number of nitrogens with zero attached hydrogens (tertiary/aromatic N) is 2. The van der Waals surface area contributed by atoms with Gasteiger partial charge in [0.2, 0.25) is 5.91 Å². The maximum Gasteiger partial charge on any atom is 0.229 e. The number of amides is 1. The number of rotatable bonds is 7. The minimum atomic E-state index is -0.0947. The number of anilines is 1. The summed E-state index contributed by atoms with van der Waals surface area (Å²) >= 11 is 2.25. The quantitative estimate of drug-likeness (QED) is 0.456. The molecule has 1 N–H and O–H groups in total. The predicted molar refractivity (Wildman–Crippen MR) is 124 cm³/mol. The lowest BCUT2D eigenvalue weighted by atomic mass is 10.1. The molecule has 0 saturated heterocycles. The summed E-state index contributed by atoms with van der Waals surface area (Å²) in [6.45, 7) is 4.25. The van der Waals surface area contributed by atoms with E-state index in [1.807, 2.05) is 48.5 Å². The zero-order valence-corrected chi connectivity index (χ0v) is 18.9. The molecule has 0 atom stereocenters. The van der Waals surface area contributed by atoms with Crippen LogP contribution in [0.25, 0.3) is 11.3 Å². The Morgan fingerprint density at radius 1 is 1.10 bits per heavy atom. The van der Waals surface area contributed by atoms with Crippen LogP contribution in [-0.4, -0.2) is 23.0 Å². The van der Waals surface area contributed by atoms with Crippen LogP contribution in [0.1, 0.15) is 25.1 Å². The zero-order valence-electron chi connectivity index (χ0n) is 16.8. The van der Waals surface area contributed by atoms with Gasteiger partial charge in [-0.3, -0.25) is 4.79 Å². The van der Waals surface area contributed by atoms with Gasteiger partial charge in [-0.2, -0.15) is 0 Å². The molecule has 0 aliphatic heterocycles. The summed E-state index contributed by atoms with van der Waals surface area (Å²) < 4.78 is 6.36. The summed E-state index contributed by atoms with van der Waals surface area (Å²) in [4.78, 5) is 21.8. The normalized spacial score (nSPS) is 10.8. The van der Waals surface area contributed by atoms with Gasteiger partial charge in [-0.15, -0.1) is 0 Å². The van der Waals surface area contributed by atoms with Crippen LogP contribution in [0.2, 0.25) is 0 Å². The second-order valence-electron chi connectivity index (χ2n) is 7.23. The molecule has 0 radical (unpaired) electrons. The van der Waals surface area contributed by atoms with Gasteiger partial charge in [-0.05, 0) is 76.9 Å². The van der Waals surface area contributed by atoms with Gasteiger partial charge in [0.15, 0.2) is 5.82 Å². The average molecular weight is 501 g/mol. The Bertz CT molecular complexity index is 970. The molecule has 150 valence electrons. The van der Waals surface area contributed by atoms with Gasteiger partial charge in [-0.25, -0.2) is 9.97 Å². The smallest absolute Gasteiger partial charge is 0.229 e. The first-order valence-corrected chi connectivity index (χ1v) is 10.6. The van der Waals surface area contributed by atoms with E-state index < -0.39 is 0 Å². The second kappa shape index (κ2) is 9.82. The molecule has 0 aliphatic carbocycles. The van der Waals surface area contributed by atoms with Crippen LogP contribution in [0.5, 0.6) is 5.75 Å². The van der Waals surface area contributed by atoms with E-state index >= 15 is 0 Å². The molecule has 1 aromatic heterocycles. The number of nitrogens with one attached hydrogen (secondary N) is 1. The first-order chi connectivity index (χ1) is 13.9. The Hall–Kier alpha value is -2.48. The van der Waals surface area contributed by atoms with Crippen molar-refractivity contribution in [3.63, 3.8) is 0 Å². The molecule has 0 bridgehead atoms. The van der Waals surface area contributed by atoms with Crippen molar-refractivity contribution in [2.24, 2.45) is 5.92 Å². The fourth-order valence-electron chi connectivity index (χ4n) is 2.93. The highest BCUT2D eigenvalue weighted by atomic mass is 127. The fraction of sp³-hybridized carbons (Fsp3) is 0.261. The average Bonchev–Trinajstić information content (AvgIpc) is 2.71. The lowest BCUT2D eigenvalue weighted by Crippen LogP contribution is -2.18. The summed E-state index contributed by atoms with van der Waals surface area (Å²) in [5, 5.41) is 2.94. The molecular formula is C23H24IN3O2. The van der Waals surface area contributed by atoms with E-state index in [2.05, 4.69) is 46.7 Å². The van der Waals surface area contributed by atoms with Crippen molar-refractivity contribution in [3.8, 4) is 17.0 Å². The topological polar surface area (TPSA) is 64.1 Å². The first kappa shape index (κ1) is 21.2. The molecule has 29 heavy (non-hydrogen) atoms. The number of hydrogen-bond acceptors (Lipinski definition) is 4. The van der Waals surface area contributed by atoms with Crippen LogP contribution < -0.4 is 10.1 Å². The van der Waals surface area contributed by atoms with Crippen molar-refractivity contribution >= 4 is 34.3 Å². The predicted octanol–water partition coefficient (Wildman–Crippen LogP) is 5.14. The van der Waals surface area contributed by atoms with Gasteiger partial charge < -0.3 is 10.1 Å². The molecule has 1 amide bonds. The standard InChI is InChI=1S/C23H24IN3O2/c1-15(2)12-20-23(27-22(28)13-16-4-8-18(24)9-5-16)25-14-21(26-20)17-6-10-19(29-3)11-7-17/h4-11,14-15H,12-13H2,1-3H3,(H,25,27,28). The van der Waals surface area contributed by atoms with Gasteiger partial charge in [0.1, 0.15) is 5.75 Å². The van der Waals surface area contributed by atoms with E-state index in [0.29, 0.717) is 18.2 Å². The highest BCUT2D eigenvalue weighted by molar-refractivity contribution is 14.1. The second-order valence-corrected chi connectivity index (χ2v) is 8.47. The van der Waals surface area contributed by atoms with E-state index in [1.54, 1.807) is 13.3 Å². The highest BCUT2D eigenvalue weighted by Crippen LogP contribution is 2.24. The van der Waals surface area contributed by atoms with E-state index in [-0.39, 0.29) is 5.91 Å². The third kappa shape index (κ3) is 6.00. The van der Waals surface area contributed by atoms with Gasteiger partial charge in [0.05, 0.1) is 31.1 Å². The maximum atomic E-state index is 12.5. The Labute approximate surface area is 185 Å². The molecule has 2 aromatic carbocycles. The molecule has 3 rings (SSSR count). The molecule has 0 fully saturated rings. The lowest BCUT2D eigenvalue weighted by molar-refractivity contribution is -0.115. The monoisotopic (exact) mass is 501 g/mol. The number of carbonyl (C=O) groups is 1. The minimum absolute atomic E-state index is 0.0947. The summed E-state index contributed by atoms with van der Waals surface area (Å²) in [6, 6.07) is 15.6. The summed E-state index contributed by atoms with van der Waals surface area (Å²) in [7, 11) is 1.64. The fourth-order valence-corrected chi connectivity index (χ4v) is 3.29. The molecule has 0 aliphatic rings. The number of benzene rings is 2. The van der Waals surface area contributed by atoms with Crippen LogP contribution in [0, 0.1) is 9.49 Å². The zero-order chi connectivity index (χ0) is 20.8. The van der Waals surface area contributed by atoms with Crippen molar-refractivity contribution in [1.82, 2.24) is 9.97 Å². The highest BCUT2D eigenvalue weighted by Gasteiger charge is 2.14.